The van der Waals surface area contributed by atoms with Crippen molar-refractivity contribution >= 4 is 16.8 Å². The van der Waals surface area contributed by atoms with Crippen LogP contribution < -0.4 is 5.32 Å². The summed E-state index contributed by atoms with van der Waals surface area (Å²) in [5.41, 5.74) is 1.14. The summed E-state index contributed by atoms with van der Waals surface area (Å²) < 4.78 is 43.5. The van der Waals surface area contributed by atoms with Crippen LogP contribution in [-0.2, 0) is 18.0 Å². The van der Waals surface area contributed by atoms with Gasteiger partial charge in [0.25, 0.3) is 0 Å². The number of fused-ring (bicyclic) bond motifs is 1. The van der Waals surface area contributed by atoms with Crippen molar-refractivity contribution in [3.63, 3.8) is 0 Å². The molecule has 0 saturated heterocycles. The Labute approximate surface area is 216 Å². The number of aliphatic hydroxyl groups excluding tert-OH is 1. The molecular formula is C26H28F3N7O2. The number of carbonyl (C=O) groups excluding carboxylic acids is 1. The first kappa shape index (κ1) is 25.8. The first-order chi connectivity index (χ1) is 18.0. The Bertz CT molecular complexity index is 1470. The number of hydrogen-bond acceptors (Lipinski definition) is 6. The van der Waals surface area contributed by atoms with Gasteiger partial charge in [0.05, 0.1) is 17.3 Å². The molecule has 0 unspecified atom stereocenters. The fourth-order valence-electron chi connectivity index (χ4n) is 4.98. The highest BCUT2D eigenvalue weighted by molar-refractivity contribution is 5.95. The first-order valence-corrected chi connectivity index (χ1v) is 12.4. The highest BCUT2D eigenvalue weighted by Gasteiger charge is 2.36. The average Bonchev–Trinajstić information content (AvgIpc) is 3.46. The lowest BCUT2D eigenvalue weighted by Gasteiger charge is -2.33. The van der Waals surface area contributed by atoms with E-state index in [9.17, 15) is 23.1 Å². The van der Waals surface area contributed by atoms with Gasteiger partial charge in [-0.25, -0.2) is 4.98 Å². The minimum absolute atomic E-state index is 0.0000701. The van der Waals surface area contributed by atoms with Crippen LogP contribution in [0.15, 0.2) is 36.7 Å². The number of amides is 1. The first-order valence-electron chi connectivity index (χ1n) is 12.4. The zero-order valence-corrected chi connectivity index (χ0v) is 21.1. The second-order valence-corrected chi connectivity index (χ2v) is 9.89. The number of alkyl halides is 3. The van der Waals surface area contributed by atoms with Crippen molar-refractivity contribution in [1.29, 1.82) is 0 Å². The maximum atomic E-state index is 13.9. The summed E-state index contributed by atoms with van der Waals surface area (Å²) in [4.78, 5) is 15.8. The van der Waals surface area contributed by atoms with E-state index in [0.29, 0.717) is 17.2 Å². The number of nitrogens with zero attached hydrogens (tertiary/aromatic N) is 5. The molecule has 4 aromatic rings. The summed E-state index contributed by atoms with van der Waals surface area (Å²) in [6, 6.07) is 7.67. The molecule has 200 valence electrons. The summed E-state index contributed by atoms with van der Waals surface area (Å²) in [6.07, 6.45) is -1.11. The molecule has 1 aliphatic carbocycles. The maximum absolute atomic E-state index is 13.9. The largest absolute Gasteiger partial charge is 0.433 e. The van der Waals surface area contributed by atoms with E-state index in [4.69, 9.17) is 0 Å². The number of hydrogen-bond donors (Lipinski definition) is 3. The third-order valence-corrected chi connectivity index (χ3v) is 7.19. The van der Waals surface area contributed by atoms with Crippen molar-refractivity contribution in [2.75, 3.05) is 0 Å². The molecule has 1 saturated carbocycles. The molecule has 3 heterocycles. The second-order valence-electron chi connectivity index (χ2n) is 9.89. The van der Waals surface area contributed by atoms with Crippen LogP contribution in [0, 0.1) is 5.92 Å². The number of aliphatic hydroxyl groups is 1. The van der Waals surface area contributed by atoms with Gasteiger partial charge in [-0.2, -0.15) is 18.3 Å². The fraction of sp³-hybridized carbons (Fsp3) is 0.423. The minimum Gasteiger partial charge on any atom is -0.384 e. The zero-order chi connectivity index (χ0) is 27.2. The van der Waals surface area contributed by atoms with Crippen molar-refractivity contribution in [3.05, 3.63) is 59.4 Å². The number of H-pyrrole nitrogens is 1. The van der Waals surface area contributed by atoms with Gasteiger partial charge in [0.2, 0.25) is 5.91 Å². The number of aromatic amines is 1. The number of pyridine rings is 1. The Morgan fingerprint density at radius 2 is 2.00 bits per heavy atom. The SMILES string of the molecule is C[C@H](O)C(=O)N[C@H](C)c1nc(C(F)(F)F)cc2c(-c3cccc([C@H](c4nncn4C)C4CCC4)c3)n[nH]c12. The molecule has 0 aliphatic heterocycles. The normalized spacial score (nSPS) is 16.7. The van der Waals surface area contributed by atoms with Crippen LogP contribution in [0.1, 0.15) is 67.8 Å². The van der Waals surface area contributed by atoms with Crippen LogP contribution in [0.5, 0.6) is 0 Å². The molecule has 3 N–H and O–H groups in total. The summed E-state index contributed by atoms with van der Waals surface area (Å²) in [6.45, 7) is 2.78. The second kappa shape index (κ2) is 9.82. The maximum Gasteiger partial charge on any atom is 0.433 e. The van der Waals surface area contributed by atoms with E-state index in [1.54, 1.807) is 12.4 Å². The fourth-order valence-corrected chi connectivity index (χ4v) is 4.98. The lowest BCUT2D eigenvalue weighted by atomic mass is 9.72. The molecule has 1 aromatic carbocycles. The van der Waals surface area contributed by atoms with E-state index in [1.165, 1.54) is 13.8 Å². The molecule has 1 aliphatic rings. The number of rotatable bonds is 7. The van der Waals surface area contributed by atoms with Crippen LogP contribution in [0.4, 0.5) is 13.2 Å². The Morgan fingerprint density at radius 1 is 1.24 bits per heavy atom. The van der Waals surface area contributed by atoms with Crippen LogP contribution in [-0.4, -0.2) is 47.1 Å². The summed E-state index contributed by atoms with van der Waals surface area (Å²) >= 11 is 0. The highest BCUT2D eigenvalue weighted by Crippen LogP contribution is 2.43. The molecule has 0 radical (unpaired) electrons. The number of aromatic nitrogens is 6. The van der Waals surface area contributed by atoms with E-state index in [1.807, 2.05) is 29.8 Å². The van der Waals surface area contributed by atoms with E-state index in [-0.39, 0.29) is 22.5 Å². The van der Waals surface area contributed by atoms with Crippen LogP contribution in [0.2, 0.25) is 0 Å². The molecule has 3 aromatic heterocycles. The van der Waals surface area contributed by atoms with E-state index < -0.39 is 29.9 Å². The third-order valence-electron chi connectivity index (χ3n) is 7.19. The Balaban J connectivity index is 1.61. The highest BCUT2D eigenvalue weighted by atomic mass is 19.4. The summed E-state index contributed by atoms with van der Waals surface area (Å²) in [5.74, 6) is 0.519. The Morgan fingerprint density at radius 3 is 2.61 bits per heavy atom. The number of halogens is 3. The molecule has 0 spiro atoms. The van der Waals surface area contributed by atoms with Crippen molar-refractivity contribution in [1.82, 2.24) is 35.3 Å². The molecule has 0 bridgehead atoms. The molecule has 1 amide bonds. The van der Waals surface area contributed by atoms with Gasteiger partial charge in [0, 0.05) is 23.9 Å². The predicted molar refractivity (Wildman–Crippen MR) is 133 cm³/mol. The van der Waals surface area contributed by atoms with Gasteiger partial charge in [0.15, 0.2) is 0 Å². The molecule has 12 heteroatoms. The predicted octanol–water partition coefficient (Wildman–Crippen LogP) is 4.26. The van der Waals surface area contributed by atoms with E-state index >= 15 is 0 Å². The average molecular weight is 528 g/mol. The quantitative estimate of drug-likeness (QED) is 0.330. The Kier molecular flexibility index (Phi) is 6.68. The van der Waals surface area contributed by atoms with Gasteiger partial charge in [-0.05, 0) is 50.3 Å². The van der Waals surface area contributed by atoms with Crippen molar-refractivity contribution in [2.24, 2.45) is 13.0 Å². The van der Waals surface area contributed by atoms with Crippen molar-refractivity contribution in [3.8, 4) is 11.3 Å². The Hall–Kier alpha value is -3.80. The molecule has 9 nitrogen and oxygen atoms in total. The monoisotopic (exact) mass is 527 g/mol. The van der Waals surface area contributed by atoms with Gasteiger partial charge >= 0.3 is 6.18 Å². The van der Waals surface area contributed by atoms with Gasteiger partial charge < -0.3 is 15.0 Å². The van der Waals surface area contributed by atoms with Crippen LogP contribution in [0.25, 0.3) is 22.2 Å². The smallest absolute Gasteiger partial charge is 0.384 e. The number of aryl methyl sites for hydroxylation is 1. The standard InChI is InChI=1S/C26H28F3N7O2/c1-13(31-25(38)14(2)37)21-23-18(11-19(32-21)26(27,28)29)22(33-34-23)17-9-5-8-16(10-17)20(15-6-4-7-15)24-35-30-12-36(24)3/h5,8-15,20,37H,4,6-7H2,1-3H3,(H,31,38)(H,33,34)/t13-,14+,20-/m1/s1. The lowest BCUT2D eigenvalue weighted by molar-refractivity contribution is -0.141. The van der Waals surface area contributed by atoms with Crippen LogP contribution >= 0.6 is 0 Å². The topological polar surface area (TPSA) is 122 Å². The van der Waals surface area contributed by atoms with Gasteiger partial charge in [-0.3, -0.25) is 9.89 Å². The minimum atomic E-state index is -4.71. The number of benzene rings is 1. The van der Waals surface area contributed by atoms with Gasteiger partial charge in [-0.1, -0.05) is 24.6 Å². The zero-order valence-electron chi connectivity index (χ0n) is 21.1. The van der Waals surface area contributed by atoms with Gasteiger partial charge in [0.1, 0.15) is 29.6 Å². The van der Waals surface area contributed by atoms with Crippen molar-refractivity contribution < 1.29 is 23.1 Å². The van der Waals surface area contributed by atoms with E-state index in [0.717, 1.165) is 36.7 Å². The molecule has 1 fully saturated rings. The molecule has 5 rings (SSSR count). The van der Waals surface area contributed by atoms with Gasteiger partial charge in [-0.15, -0.1) is 10.2 Å². The number of carbonyl (C=O) groups is 1. The molecular weight excluding hydrogens is 499 g/mol. The summed E-state index contributed by atoms with van der Waals surface area (Å²) in [5, 5.41) is 27.9. The lowest BCUT2D eigenvalue weighted by Crippen LogP contribution is -2.35. The third kappa shape index (κ3) is 4.75. The van der Waals surface area contributed by atoms with E-state index in [2.05, 4.69) is 30.7 Å². The number of nitrogens with one attached hydrogen (secondary N) is 2. The molecule has 38 heavy (non-hydrogen) atoms. The van der Waals surface area contributed by atoms with Crippen molar-refractivity contribution in [2.45, 2.75) is 57.3 Å². The van der Waals surface area contributed by atoms with Crippen LogP contribution in [0.3, 0.4) is 0 Å². The summed E-state index contributed by atoms with van der Waals surface area (Å²) in [7, 11) is 1.90. The molecule has 3 atom stereocenters.